The fraction of sp³-hybridized carbons (Fsp3) is 0.556. The van der Waals surface area contributed by atoms with Gasteiger partial charge >= 0.3 is 0 Å². The van der Waals surface area contributed by atoms with E-state index in [2.05, 4.69) is 37.8 Å². The van der Waals surface area contributed by atoms with E-state index in [1.165, 1.54) is 16.9 Å². The van der Waals surface area contributed by atoms with Crippen molar-refractivity contribution in [1.29, 1.82) is 0 Å². The summed E-state index contributed by atoms with van der Waals surface area (Å²) in [4.78, 5) is 1.33. The number of hydrogen-bond acceptors (Lipinski definition) is 3. The van der Waals surface area contributed by atoms with Gasteiger partial charge in [0.15, 0.2) is 0 Å². The topological polar surface area (TPSA) is 18.5 Å². The van der Waals surface area contributed by atoms with Crippen molar-refractivity contribution in [3.8, 4) is 0 Å². The number of hydrogen-bond donors (Lipinski definition) is 0. The van der Waals surface area contributed by atoms with Gasteiger partial charge in [-0.3, -0.25) is 0 Å². The summed E-state index contributed by atoms with van der Waals surface area (Å²) < 4.78 is 11.6. The van der Waals surface area contributed by atoms with Crippen LogP contribution >= 0.6 is 11.8 Å². The lowest BCUT2D eigenvalue weighted by molar-refractivity contribution is -0.0202. The maximum atomic E-state index is 6.03. The molecule has 1 unspecified atom stereocenters. The summed E-state index contributed by atoms with van der Waals surface area (Å²) in [6.45, 7) is 6.81. The zero-order valence-electron chi connectivity index (χ0n) is 13.1. The van der Waals surface area contributed by atoms with Gasteiger partial charge in [-0.1, -0.05) is 23.8 Å². The molecule has 2 nitrogen and oxygen atoms in total. The highest BCUT2D eigenvalue weighted by atomic mass is 32.2. The Morgan fingerprint density at radius 2 is 2.19 bits per heavy atom. The van der Waals surface area contributed by atoms with Crippen LogP contribution in [0.15, 0.2) is 41.8 Å². The Hall–Kier alpha value is -0.770. The third-order valence-electron chi connectivity index (χ3n) is 3.95. The fourth-order valence-electron chi connectivity index (χ4n) is 2.69. The molecule has 1 heterocycles. The SMILES string of the molecule is C=CCC(C[C@@H]1OCCC[C@H]1Sc1ccc(C)cc1)OC. The molecule has 1 aliphatic rings. The monoisotopic (exact) mass is 306 g/mol. The second-order valence-electron chi connectivity index (χ2n) is 5.64. The van der Waals surface area contributed by atoms with E-state index < -0.39 is 0 Å². The molecular formula is C18H26O2S. The van der Waals surface area contributed by atoms with E-state index in [0.717, 1.165) is 25.9 Å². The van der Waals surface area contributed by atoms with Crippen LogP contribution in [0.5, 0.6) is 0 Å². The van der Waals surface area contributed by atoms with Crippen molar-refractivity contribution >= 4 is 11.8 Å². The lowest BCUT2D eigenvalue weighted by Gasteiger charge is -2.33. The van der Waals surface area contributed by atoms with E-state index in [1.807, 2.05) is 17.8 Å². The van der Waals surface area contributed by atoms with Crippen molar-refractivity contribution in [2.75, 3.05) is 13.7 Å². The molecule has 0 N–H and O–H groups in total. The molecule has 3 heteroatoms. The van der Waals surface area contributed by atoms with Gasteiger partial charge in [0.05, 0.1) is 12.2 Å². The van der Waals surface area contributed by atoms with E-state index >= 15 is 0 Å². The normalized spacial score (nSPS) is 23.7. The molecule has 0 amide bonds. The minimum absolute atomic E-state index is 0.215. The van der Waals surface area contributed by atoms with Crippen molar-refractivity contribution in [2.24, 2.45) is 0 Å². The molecule has 0 aliphatic carbocycles. The molecule has 0 bridgehead atoms. The van der Waals surface area contributed by atoms with E-state index in [-0.39, 0.29) is 12.2 Å². The summed E-state index contributed by atoms with van der Waals surface area (Å²) in [5, 5.41) is 0.518. The van der Waals surface area contributed by atoms with Gasteiger partial charge in [0.1, 0.15) is 0 Å². The molecular weight excluding hydrogens is 280 g/mol. The van der Waals surface area contributed by atoms with Gasteiger partial charge in [-0.2, -0.15) is 0 Å². The molecule has 1 aliphatic heterocycles. The number of thioether (sulfide) groups is 1. The minimum atomic E-state index is 0.215. The standard InChI is InChI=1S/C18H26O2S/c1-4-6-15(19-3)13-17-18(7-5-12-20-17)21-16-10-8-14(2)9-11-16/h4,8-11,15,17-18H,1,5-7,12-13H2,2-3H3/t15?,17-,18+/m0/s1. The Labute approximate surface area is 132 Å². The van der Waals surface area contributed by atoms with Gasteiger partial charge in [0.2, 0.25) is 0 Å². The number of rotatable bonds is 7. The van der Waals surface area contributed by atoms with Gasteiger partial charge in [-0.15, -0.1) is 18.3 Å². The summed E-state index contributed by atoms with van der Waals surface area (Å²) in [6, 6.07) is 8.78. The number of aryl methyl sites for hydroxylation is 1. The van der Waals surface area contributed by atoms with Crippen LogP contribution in [0.1, 0.15) is 31.2 Å². The molecule has 0 aromatic heterocycles. The van der Waals surface area contributed by atoms with Crippen LogP contribution in [0, 0.1) is 6.92 Å². The highest BCUT2D eigenvalue weighted by molar-refractivity contribution is 8.00. The zero-order valence-corrected chi connectivity index (χ0v) is 13.9. The van der Waals surface area contributed by atoms with E-state index in [9.17, 15) is 0 Å². The van der Waals surface area contributed by atoms with Crippen molar-refractivity contribution in [1.82, 2.24) is 0 Å². The van der Waals surface area contributed by atoms with Crippen molar-refractivity contribution in [2.45, 2.75) is 55.0 Å². The summed E-state index contributed by atoms with van der Waals surface area (Å²) >= 11 is 1.95. The highest BCUT2D eigenvalue weighted by Gasteiger charge is 2.29. The molecule has 1 saturated heterocycles. The quantitative estimate of drug-likeness (QED) is 0.685. The second-order valence-corrected chi connectivity index (χ2v) is 6.95. The van der Waals surface area contributed by atoms with Crippen LogP contribution in [0.4, 0.5) is 0 Å². The number of methoxy groups -OCH3 is 1. The van der Waals surface area contributed by atoms with Gasteiger partial charge in [0, 0.05) is 30.3 Å². The lowest BCUT2D eigenvalue weighted by Crippen LogP contribution is -2.35. The average molecular weight is 306 g/mol. The minimum Gasteiger partial charge on any atom is -0.381 e. The molecule has 0 saturated carbocycles. The first kappa shape index (κ1) is 16.6. The van der Waals surface area contributed by atoms with Crippen molar-refractivity contribution in [3.05, 3.63) is 42.5 Å². The molecule has 2 rings (SSSR count). The molecule has 21 heavy (non-hydrogen) atoms. The van der Waals surface area contributed by atoms with E-state index in [4.69, 9.17) is 9.47 Å². The predicted molar refractivity (Wildman–Crippen MR) is 90.0 cm³/mol. The first-order valence-electron chi connectivity index (χ1n) is 7.71. The average Bonchev–Trinajstić information content (AvgIpc) is 2.51. The maximum Gasteiger partial charge on any atom is 0.0721 e. The molecule has 0 radical (unpaired) electrons. The Kier molecular flexibility index (Phi) is 6.81. The molecule has 1 fully saturated rings. The molecule has 3 atom stereocenters. The van der Waals surface area contributed by atoms with E-state index in [0.29, 0.717) is 5.25 Å². The molecule has 116 valence electrons. The third kappa shape index (κ3) is 5.17. The summed E-state index contributed by atoms with van der Waals surface area (Å²) in [5.74, 6) is 0. The second kappa shape index (κ2) is 8.62. The van der Waals surface area contributed by atoms with E-state index in [1.54, 1.807) is 7.11 Å². The summed E-state index contributed by atoms with van der Waals surface area (Å²) in [6.07, 6.45) is 6.62. The van der Waals surface area contributed by atoms with Crippen LogP contribution in [0.2, 0.25) is 0 Å². The predicted octanol–water partition coefficient (Wildman–Crippen LogP) is 4.62. The Morgan fingerprint density at radius 3 is 2.86 bits per heavy atom. The Morgan fingerprint density at radius 1 is 1.43 bits per heavy atom. The number of benzene rings is 1. The van der Waals surface area contributed by atoms with Crippen LogP contribution in [-0.4, -0.2) is 31.2 Å². The molecule has 0 spiro atoms. The lowest BCUT2D eigenvalue weighted by atomic mass is 10.0. The van der Waals surface area contributed by atoms with Gasteiger partial charge in [-0.25, -0.2) is 0 Å². The van der Waals surface area contributed by atoms with Crippen LogP contribution in [-0.2, 0) is 9.47 Å². The van der Waals surface area contributed by atoms with Crippen molar-refractivity contribution in [3.63, 3.8) is 0 Å². The Bertz CT molecular complexity index is 429. The van der Waals surface area contributed by atoms with Gasteiger partial charge in [-0.05, 0) is 38.3 Å². The van der Waals surface area contributed by atoms with Crippen LogP contribution in [0.25, 0.3) is 0 Å². The van der Waals surface area contributed by atoms with Gasteiger partial charge in [0.25, 0.3) is 0 Å². The third-order valence-corrected chi connectivity index (χ3v) is 5.33. The molecule has 1 aromatic carbocycles. The maximum absolute atomic E-state index is 6.03. The summed E-state index contributed by atoms with van der Waals surface area (Å²) in [7, 11) is 1.78. The summed E-state index contributed by atoms with van der Waals surface area (Å²) in [5.41, 5.74) is 1.31. The zero-order chi connectivity index (χ0) is 15.1. The van der Waals surface area contributed by atoms with Gasteiger partial charge < -0.3 is 9.47 Å². The smallest absolute Gasteiger partial charge is 0.0721 e. The fourth-order valence-corrected chi connectivity index (χ4v) is 3.96. The first-order valence-corrected chi connectivity index (χ1v) is 8.59. The highest BCUT2D eigenvalue weighted by Crippen LogP contribution is 2.34. The van der Waals surface area contributed by atoms with Crippen LogP contribution in [0.3, 0.4) is 0 Å². The number of ether oxygens (including phenoxy) is 2. The molecule has 1 aromatic rings. The first-order chi connectivity index (χ1) is 10.2. The van der Waals surface area contributed by atoms with Crippen LogP contribution < -0.4 is 0 Å². The largest absolute Gasteiger partial charge is 0.381 e. The Balaban J connectivity index is 1.97. The van der Waals surface area contributed by atoms with Crippen molar-refractivity contribution < 1.29 is 9.47 Å².